The van der Waals surface area contributed by atoms with Gasteiger partial charge in [-0.2, -0.15) is 15.0 Å². The molecule has 1 amide bonds. The van der Waals surface area contributed by atoms with Crippen LogP contribution in [0.4, 0.5) is 11.9 Å². The van der Waals surface area contributed by atoms with Gasteiger partial charge in [-0.05, 0) is 19.8 Å². The van der Waals surface area contributed by atoms with Crippen molar-refractivity contribution in [2.75, 3.05) is 70.5 Å². The number of rotatable bonds is 5. The fraction of sp³-hybridized carbons (Fsp3) is 0.765. The van der Waals surface area contributed by atoms with Gasteiger partial charge in [-0.1, -0.05) is 0 Å². The van der Waals surface area contributed by atoms with Crippen molar-refractivity contribution in [2.45, 2.75) is 25.8 Å². The molecule has 3 rings (SSSR count). The number of amides is 1. The Balaban J connectivity index is 1.55. The van der Waals surface area contributed by atoms with Gasteiger partial charge in [0.2, 0.25) is 17.8 Å². The van der Waals surface area contributed by atoms with Gasteiger partial charge in [0, 0.05) is 53.4 Å². The number of hydrogen-bond donors (Lipinski definition) is 1. The second kappa shape index (κ2) is 8.13. The van der Waals surface area contributed by atoms with Crippen molar-refractivity contribution in [1.82, 2.24) is 29.7 Å². The van der Waals surface area contributed by atoms with Crippen LogP contribution in [0.1, 0.15) is 31.6 Å². The Bertz CT molecular complexity index is 623. The van der Waals surface area contributed by atoms with E-state index in [2.05, 4.69) is 31.7 Å². The van der Waals surface area contributed by atoms with Crippen molar-refractivity contribution < 1.29 is 4.79 Å². The molecule has 9 nitrogen and oxygen atoms in total. The molecule has 3 heterocycles. The first-order valence-corrected chi connectivity index (χ1v) is 9.37. The van der Waals surface area contributed by atoms with Gasteiger partial charge in [-0.25, -0.2) is 0 Å². The molecule has 2 aliphatic heterocycles. The molecule has 0 radical (unpaired) electrons. The van der Waals surface area contributed by atoms with Crippen molar-refractivity contribution in [3.63, 3.8) is 0 Å². The van der Waals surface area contributed by atoms with E-state index in [1.54, 1.807) is 0 Å². The van der Waals surface area contributed by atoms with Crippen LogP contribution < -0.4 is 10.6 Å². The minimum Gasteiger partial charge on any atom is -0.368 e. The average molecular weight is 362 g/mol. The summed E-state index contributed by atoms with van der Waals surface area (Å²) in [6.45, 7) is 8.01. The van der Waals surface area contributed by atoms with Gasteiger partial charge in [0.15, 0.2) is 5.82 Å². The second-order valence-corrected chi connectivity index (χ2v) is 7.32. The number of carbonyl (C=O) groups is 1. The van der Waals surface area contributed by atoms with Gasteiger partial charge < -0.3 is 15.5 Å². The molecular weight excluding hydrogens is 332 g/mol. The van der Waals surface area contributed by atoms with Gasteiger partial charge in [-0.3, -0.25) is 14.6 Å². The van der Waals surface area contributed by atoms with Crippen molar-refractivity contribution >= 4 is 17.8 Å². The Kier molecular flexibility index (Phi) is 5.87. The van der Waals surface area contributed by atoms with Crippen LogP contribution in [0.2, 0.25) is 0 Å². The highest BCUT2D eigenvalue weighted by atomic mass is 16.2. The van der Waals surface area contributed by atoms with Crippen LogP contribution in [0.5, 0.6) is 0 Å². The molecule has 1 aromatic rings. The van der Waals surface area contributed by atoms with Crippen molar-refractivity contribution in [1.29, 1.82) is 0 Å². The number of anilines is 2. The van der Waals surface area contributed by atoms with E-state index in [0.717, 1.165) is 52.1 Å². The molecule has 1 atom stereocenters. The summed E-state index contributed by atoms with van der Waals surface area (Å²) in [5.74, 6) is 1.79. The summed E-state index contributed by atoms with van der Waals surface area (Å²) in [6.07, 6.45) is 2.28. The number of carbonyl (C=O) groups excluding carboxylic acids is 1. The predicted molar refractivity (Wildman–Crippen MR) is 101 cm³/mol. The van der Waals surface area contributed by atoms with E-state index in [0.29, 0.717) is 18.3 Å². The molecule has 26 heavy (non-hydrogen) atoms. The molecule has 2 fully saturated rings. The van der Waals surface area contributed by atoms with E-state index in [1.165, 1.54) is 0 Å². The van der Waals surface area contributed by atoms with Crippen LogP contribution in [0.25, 0.3) is 0 Å². The summed E-state index contributed by atoms with van der Waals surface area (Å²) in [5, 5.41) is 0. The Morgan fingerprint density at radius 2 is 1.73 bits per heavy atom. The van der Waals surface area contributed by atoms with Gasteiger partial charge in [0.1, 0.15) is 0 Å². The van der Waals surface area contributed by atoms with Crippen molar-refractivity contribution in [3.8, 4) is 0 Å². The lowest BCUT2D eigenvalue weighted by Crippen LogP contribution is -2.50. The number of nitrogen functional groups attached to an aromatic ring is 1. The second-order valence-electron chi connectivity index (χ2n) is 7.32. The Morgan fingerprint density at radius 3 is 2.35 bits per heavy atom. The van der Waals surface area contributed by atoms with Gasteiger partial charge in [0.25, 0.3) is 0 Å². The first kappa shape index (κ1) is 18.8. The Morgan fingerprint density at radius 1 is 1.08 bits per heavy atom. The molecule has 144 valence electrons. The Labute approximate surface area is 155 Å². The first-order chi connectivity index (χ1) is 12.4. The van der Waals surface area contributed by atoms with Gasteiger partial charge in [0.05, 0.1) is 12.6 Å². The minimum absolute atomic E-state index is 0.0652. The molecule has 9 heteroatoms. The lowest BCUT2D eigenvalue weighted by atomic mass is 10.2. The van der Waals surface area contributed by atoms with E-state index >= 15 is 0 Å². The van der Waals surface area contributed by atoms with Crippen molar-refractivity contribution in [2.24, 2.45) is 0 Å². The molecule has 2 N–H and O–H groups in total. The van der Waals surface area contributed by atoms with Crippen LogP contribution in [-0.4, -0.2) is 95.5 Å². The summed E-state index contributed by atoms with van der Waals surface area (Å²) >= 11 is 0. The van der Waals surface area contributed by atoms with E-state index in [1.807, 2.05) is 23.9 Å². The average Bonchev–Trinajstić information content (AvgIpc) is 3.16. The van der Waals surface area contributed by atoms with E-state index in [-0.39, 0.29) is 17.9 Å². The van der Waals surface area contributed by atoms with E-state index in [9.17, 15) is 4.79 Å². The van der Waals surface area contributed by atoms with Gasteiger partial charge >= 0.3 is 0 Å². The first-order valence-electron chi connectivity index (χ1n) is 9.37. The van der Waals surface area contributed by atoms with Gasteiger partial charge in [-0.15, -0.1) is 0 Å². The third-order valence-corrected chi connectivity index (χ3v) is 5.20. The van der Waals surface area contributed by atoms with Crippen molar-refractivity contribution in [3.05, 3.63) is 5.82 Å². The maximum Gasteiger partial charge on any atom is 0.236 e. The molecule has 0 bridgehead atoms. The standard InChI is InChI=1S/C17H30N8O/c1-13(15-19-16(18)21-17(20-15)22(2)3)24-10-8-23(9-11-24)12-14(26)25-6-4-5-7-25/h13H,4-12H2,1-3H3,(H2,18,19,20,21). The number of hydrogen-bond acceptors (Lipinski definition) is 8. The largest absolute Gasteiger partial charge is 0.368 e. The summed E-state index contributed by atoms with van der Waals surface area (Å²) in [7, 11) is 3.78. The molecule has 0 aromatic carbocycles. The molecule has 0 spiro atoms. The highest BCUT2D eigenvalue weighted by molar-refractivity contribution is 5.78. The fourth-order valence-electron chi connectivity index (χ4n) is 3.51. The molecule has 1 aromatic heterocycles. The summed E-state index contributed by atoms with van der Waals surface area (Å²) in [5.41, 5.74) is 5.84. The summed E-state index contributed by atoms with van der Waals surface area (Å²) in [4.78, 5) is 33.7. The van der Waals surface area contributed by atoms with Crippen LogP contribution in [0.15, 0.2) is 0 Å². The summed E-state index contributed by atoms with van der Waals surface area (Å²) < 4.78 is 0. The van der Waals surface area contributed by atoms with Crippen LogP contribution in [-0.2, 0) is 4.79 Å². The third kappa shape index (κ3) is 4.39. The lowest BCUT2D eigenvalue weighted by Gasteiger charge is -2.37. The quantitative estimate of drug-likeness (QED) is 0.771. The maximum absolute atomic E-state index is 12.3. The predicted octanol–water partition coefficient (Wildman–Crippen LogP) is -0.179. The highest BCUT2D eigenvalue weighted by Crippen LogP contribution is 2.20. The number of nitrogens with two attached hydrogens (primary N) is 1. The van der Waals surface area contributed by atoms with Crippen LogP contribution in [0.3, 0.4) is 0 Å². The molecule has 1 unspecified atom stereocenters. The zero-order valence-corrected chi connectivity index (χ0v) is 16.1. The summed E-state index contributed by atoms with van der Waals surface area (Å²) in [6, 6.07) is 0.0652. The third-order valence-electron chi connectivity index (χ3n) is 5.20. The zero-order valence-electron chi connectivity index (χ0n) is 16.1. The molecule has 2 saturated heterocycles. The molecule has 0 aliphatic carbocycles. The van der Waals surface area contributed by atoms with Crippen LogP contribution >= 0.6 is 0 Å². The molecular formula is C17H30N8O. The molecule has 2 aliphatic rings. The zero-order chi connectivity index (χ0) is 18.7. The smallest absolute Gasteiger partial charge is 0.236 e. The molecule has 0 saturated carbocycles. The monoisotopic (exact) mass is 362 g/mol. The number of aromatic nitrogens is 3. The topological polar surface area (TPSA) is 94.7 Å². The fourth-order valence-corrected chi connectivity index (χ4v) is 3.51. The SMILES string of the molecule is CC(c1nc(N)nc(N(C)C)n1)N1CCN(CC(=O)N2CCCC2)CC1. The van der Waals surface area contributed by atoms with E-state index < -0.39 is 0 Å². The Hall–Kier alpha value is -2.00. The van der Waals surface area contributed by atoms with E-state index in [4.69, 9.17) is 5.73 Å². The number of piperazine rings is 1. The number of likely N-dealkylation sites (tertiary alicyclic amines) is 1. The minimum atomic E-state index is 0.0652. The van der Waals surface area contributed by atoms with Crippen LogP contribution in [0, 0.1) is 0 Å². The highest BCUT2D eigenvalue weighted by Gasteiger charge is 2.27. The number of nitrogens with zero attached hydrogens (tertiary/aromatic N) is 7. The normalized spacial score (nSPS) is 20.3. The maximum atomic E-state index is 12.3. The lowest BCUT2D eigenvalue weighted by molar-refractivity contribution is -0.131.